The van der Waals surface area contributed by atoms with E-state index in [0.29, 0.717) is 36.4 Å². The minimum atomic E-state index is -0.682. The molecule has 5 nitrogen and oxygen atoms in total. The van der Waals surface area contributed by atoms with Gasteiger partial charge in [-0.1, -0.05) is 13.8 Å². The van der Waals surface area contributed by atoms with Crippen molar-refractivity contribution in [2.45, 2.75) is 98.0 Å². The molecule has 0 heterocycles. The number of fused-ring (bicyclic) bond motifs is 5. The summed E-state index contributed by atoms with van der Waals surface area (Å²) < 4.78 is 0. The highest BCUT2D eigenvalue weighted by molar-refractivity contribution is 6.00. The monoisotopic (exact) mass is 444 g/mol. The Morgan fingerprint density at radius 3 is 2.34 bits per heavy atom. The lowest BCUT2D eigenvalue weighted by Crippen LogP contribution is -2.58. The van der Waals surface area contributed by atoms with E-state index in [-0.39, 0.29) is 52.5 Å². The van der Waals surface area contributed by atoms with Crippen LogP contribution in [0.5, 0.6) is 0 Å². The summed E-state index contributed by atoms with van der Waals surface area (Å²) in [5.74, 6) is 0.539. The van der Waals surface area contributed by atoms with Crippen LogP contribution >= 0.6 is 0 Å². The van der Waals surface area contributed by atoms with E-state index in [4.69, 9.17) is 0 Å². The van der Waals surface area contributed by atoms with Gasteiger partial charge in [-0.05, 0) is 93.8 Å². The maximum atomic E-state index is 13.7. The van der Waals surface area contributed by atoms with Gasteiger partial charge in [-0.3, -0.25) is 19.2 Å². The SMILES string of the molecule is CC(=O)C(CCC(=O)[C@H]1CC[C@H]2[C@@H]3CC[C@H]4C[C@H](O)CC[C@]4(C)[C@H]3C(=O)C[C@]12C)C(C)=O. The van der Waals surface area contributed by atoms with Crippen LogP contribution in [0.2, 0.25) is 0 Å². The quantitative estimate of drug-likeness (QED) is 0.616. The third-order valence-corrected chi connectivity index (χ3v) is 10.4. The summed E-state index contributed by atoms with van der Waals surface area (Å²) in [7, 11) is 0. The normalized spacial score (nSPS) is 43.4. The van der Waals surface area contributed by atoms with E-state index in [1.54, 1.807) is 0 Å². The number of ketones is 4. The number of aliphatic hydroxyl groups is 1. The zero-order valence-corrected chi connectivity index (χ0v) is 20.2. The van der Waals surface area contributed by atoms with Gasteiger partial charge in [0.1, 0.15) is 23.1 Å². The Balaban J connectivity index is 1.52. The van der Waals surface area contributed by atoms with Crippen molar-refractivity contribution in [1.82, 2.24) is 0 Å². The highest BCUT2D eigenvalue weighted by atomic mass is 16.3. The third-order valence-electron chi connectivity index (χ3n) is 10.4. The summed E-state index contributed by atoms with van der Waals surface area (Å²) in [6, 6.07) is 0. The summed E-state index contributed by atoms with van der Waals surface area (Å²) in [6.07, 6.45) is 7.25. The number of aliphatic hydroxyl groups excluding tert-OH is 1. The van der Waals surface area contributed by atoms with Gasteiger partial charge in [0.05, 0.1) is 12.0 Å². The molecule has 0 amide bonds. The average molecular weight is 445 g/mol. The molecule has 4 fully saturated rings. The molecule has 0 unspecified atom stereocenters. The van der Waals surface area contributed by atoms with E-state index >= 15 is 0 Å². The number of rotatable bonds is 6. The van der Waals surface area contributed by atoms with Crippen LogP contribution in [0.15, 0.2) is 0 Å². The van der Waals surface area contributed by atoms with Gasteiger partial charge >= 0.3 is 0 Å². The van der Waals surface area contributed by atoms with E-state index in [9.17, 15) is 24.3 Å². The lowest BCUT2D eigenvalue weighted by Gasteiger charge is -2.59. The summed E-state index contributed by atoms with van der Waals surface area (Å²) >= 11 is 0. The van der Waals surface area contributed by atoms with E-state index < -0.39 is 5.92 Å². The maximum Gasteiger partial charge on any atom is 0.140 e. The molecule has 4 aliphatic rings. The second kappa shape index (κ2) is 8.45. The predicted octanol–water partition coefficient (Wildman–Crippen LogP) is 4.33. The van der Waals surface area contributed by atoms with Gasteiger partial charge in [-0.25, -0.2) is 0 Å². The van der Waals surface area contributed by atoms with Crippen LogP contribution in [-0.2, 0) is 19.2 Å². The van der Waals surface area contributed by atoms with Crippen molar-refractivity contribution in [3.8, 4) is 0 Å². The van der Waals surface area contributed by atoms with Crippen molar-refractivity contribution in [3.63, 3.8) is 0 Å². The molecule has 0 aromatic carbocycles. The molecule has 0 aliphatic heterocycles. The highest BCUT2D eigenvalue weighted by Gasteiger charge is 2.63. The van der Waals surface area contributed by atoms with Crippen molar-refractivity contribution in [2.75, 3.05) is 0 Å². The maximum absolute atomic E-state index is 13.7. The molecule has 0 saturated heterocycles. The predicted molar refractivity (Wildman–Crippen MR) is 121 cm³/mol. The Morgan fingerprint density at radius 1 is 1.00 bits per heavy atom. The fourth-order valence-electron chi connectivity index (χ4n) is 8.73. The first-order valence-corrected chi connectivity index (χ1v) is 12.7. The van der Waals surface area contributed by atoms with Gasteiger partial charge in [-0.2, -0.15) is 0 Å². The lowest BCUT2D eigenvalue weighted by atomic mass is 9.44. The van der Waals surface area contributed by atoms with Gasteiger partial charge in [0.15, 0.2) is 0 Å². The van der Waals surface area contributed by atoms with Crippen molar-refractivity contribution in [3.05, 3.63) is 0 Å². The first-order valence-electron chi connectivity index (χ1n) is 12.7. The molecule has 178 valence electrons. The molecule has 1 N–H and O–H groups in total. The van der Waals surface area contributed by atoms with Crippen molar-refractivity contribution in [1.29, 1.82) is 0 Å². The van der Waals surface area contributed by atoms with Gasteiger partial charge in [-0.15, -0.1) is 0 Å². The Labute approximate surface area is 192 Å². The molecule has 32 heavy (non-hydrogen) atoms. The topological polar surface area (TPSA) is 88.5 Å². The Hall–Kier alpha value is -1.36. The number of carbonyl (C=O) groups excluding carboxylic acids is 4. The molecule has 4 saturated carbocycles. The first-order chi connectivity index (χ1) is 15.0. The highest BCUT2D eigenvalue weighted by Crippen LogP contribution is 2.66. The number of Topliss-reactive ketones (excluding diaryl/α,β-unsaturated/α-hetero) is 4. The third kappa shape index (κ3) is 3.73. The van der Waals surface area contributed by atoms with Gasteiger partial charge in [0.25, 0.3) is 0 Å². The molecule has 0 radical (unpaired) electrons. The van der Waals surface area contributed by atoms with Crippen LogP contribution in [0.25, 0.3) is 0 Å². The zero-order chi connectivity index (χ0) is 23.4. The molecule has 0 aromatic rings. The minimum absolute atomic E-state index is 0.0150. The van der Waals surface area contributed by atoms with Crippen molar-refractivity contribution >= 4 is 23.1 Å². The Kier molecular flexibility index (Phi) is 6.28. The molecule has 0 bridgehead atoms. The molecule has 5 heteroatoms. The molecule has 0 aromatic heterocycles. The second-order valence-corrected chi connectivity index (χ2v) is 12.0. The molecular weight excluding hydrogens is 404 g/mol. The summed E-state index contributed by atoms with van der Waals surface area (Å²) in [4.78, 5) is 50.5. The van der Waals surface area contributed by atoms with Crippen LogP contribution in [0.4, 0.5) is 0 Å². The Morgan fingerprint density at radius 2 is 1.69 bits per heavy atom. The van der Waals surface area contributed by atoms with Crippen LogP contribution in [0.1, 0.15) is 91.9 Å². The van der Waals surface area contributed by atoms with Crippen LogP contribution in [-0.4, -0.2) is 34.3 Å². The largest absolute Gasteiger partial charge is 0.393 e. The van der Waals surface area contributed by atoms with Gasteiger partial charge < -0.3 is 5.11 Å². The van der Waals surface area contributed by atoms with Gasteiger partial charge in [0.2, 0.25) is 0 Å². The van der Waals surface area contributed by atoms with E-state index in [1.165, 1.54) is 13.8 Å². The summed E-state index contributed by atoms with van der Waals surface area (Å²) in [6.45, 7) is 7.30. The lowest BCUT2D eigenvalue weighted by molar-refractivity contribution is -0.162. The molecule has 4 rings (SSSR count). The smallest absolute Gasteiger partial charge is 0.140 e. The fourth-order valence-corrected chi connectivity index (χ4v) is 8.73. The summed E-state index contributed by atoms with van der Waals surface area (Å²) in [5.41, 5.74) is -0.312. The number of hydrogen-bond donors (Lipinski definition) is 1. The molecule has 0 spiro atoms. The van der Waals surface area contributed by atoms with Gasteiger partial charge in [0, 0.05) is 24.7 Å². The van der Waals surface area contributed by atoms with Crippen LogP contribution in [0.3, 0.4) is 0 Å². The van der Waals surface area contributed by atoms with Crippen LogP contribution in [0, 0.1) is 46.3 Å². The fraction of sp³-hybridized carbons (Fsp3) is 0.852. The number of hydrogen-bond acceptors (Lipinski definition) is 5. The molecule has 8 atom stereocenters. The van der Waals surface area contributed by atoms with E-state index in [0.717, 1.165) is 44.9 Å². The number of carbonyl (C=O) groups is 4. The standard InChI is InChI=1S/C27H40O5/c1-15(28)19(16(2)29)7-10-23(31)22-9-8-21-20-6-5-17-13-18(30)11-12-26(17,3)25(20)24(32)14-27(21,22)4/h17-22,25,30H,5-14H2,1-4H3/t17-,18+,20-,21-,22+,25+,26-,27-/m0/s1. The van der Waals surface area contributed by atoms with Crippen LogP contribution < -0.4 is 0 Å². The average Bonchev–Trinajstić information content (AvgIpc) is 3.04. The first kappa shape index (κ1) is 23.8. The zero-order valence-electron chi connectivity index (χ0n) is 20.2. The van der Waals surface area contributed by atoms with Crippen molar-refractivity contribution < 1.29 is 24.3 Å². The van der Waals surface area contributed by atoms with Crippen molar-refractivity contribution in [2.24, 2.45) is 46.3 Å². The Bertz CT molecular complexity index is 803. The summed E-state index contributed by atoms with van der Waals surface area (Å²) in [5, 5.41) is 10.2. The van der Waals surface area contributed by atoms with E-state index in [2.05, 4.69) is 13.8 Å². The van der Waals surface area contributed by atoms with E-state index in [1.807, 2.05) is 0 Å². The minimum Gasteiger partial charge on any atom is -0.393 e. The molecular formula is C27H40O5. The second-order valence-electron chi connectivity index (χ2n) is 12.0. The molecule has 4 aliphatic carbocycles.